The van der Waals surface area contributed by atoms with Crippen LogP contribution in [0.1, 0.15) is 89.5 Å². The third-order valence-electron chi connectivity index (χ3n) is 3.46. The molecule has 0 N–H and O–H groups in total. The van der Waals surface area contributed by atoms with E-state index in [-0.39, 0.29) is 36.6 Å². The highest BCUT2D eigenvalue weighted by Gasteiger charge is 2.48. The van der Waals surface area contributed by atoms with Gasteiger partial charge in [0.15, 0.2) is 0 Å². The maximum Gasteiger partial charge on any atom is 0.501 e. The second-order valence-electron chi connectivity index (χ2n) is 9.22. The van der Waals surface area contributed by atoms with Crippen molar-refractivity contribution in [1.82, 2.24) is 0 Å². The minimum absolute atomic E-state index is 0.0342. The Kier molecular flexibility index (Phi) is 13.7. The van der Waals surface area contributed by atoms with Gasteiger partial charge in [0.1, 0.15) is 0 Å². The molecule has 0 aromatic heterocycles. The summed E-state index contributed by atoms with van der Waals surface area (Å²) in [6.45, 7) is 24.3. The summed E-state index contributed by atoms with van der Waals surface area (Å²) in [6.07, 6.45) is 1.01. The minimum Gasteiger partial charge on any atom is -0.371 e. The lowest BCUT2D eigenvalue weighted by atomic mass is 10.5. The molecule has 0 rings (SSSR count). The average molecular weight is 453 g/mol. The van der Waals surface area contributed by atoms with E-state index in [2.05, 4.69) is 0 Å². The van der Waals surface area contributed by atoms with Crippen LogP contribution in [0.25, 0.3) is 0 Å². The molecule has 0 aromatic rings. The third kappa shape index (κ3) is 13.3. The SMILES string of the molecule is CC(C)O[Si](CCC[Si](OC(C)C)(OC(C)C)OC(C)C)(OC(C)C)OC(C)C. The van der Waals surface area contributed by atoms with Crippen molar-refractivity contribution in [3.63, 3.8) is 0 Å². The first-order chi connectivity index (χ1) is 13.2. The van der Waals surface area contributed by atoms with Crippen molar-refractivity contribution < 1.29 is 26.6 Å². The highest BCUT2D eigenvalue weighted by molar-refractivity contribution is 6.62. The fourth-order valence-corrected chi connectivity index (χ4v) is 10.1. The zero-order chi connectivity index (χ0) is 22.8. The van der Waals surface area contributed by atoms with Gasteiger partial charge < -0.3 is 26.6 Å². The van der Waals surface area contributed by atoms with Crippen molar-refractivity contribution >= 4 is 17.6 Å². The zero-order valence-corrected chi connectivity index (χ0v) is 23.0. The van der Waals surface area contributed by atoms with E-state index >= 15 is 0 Å². The van der Waals surface area contributed by atoms with E-state index in [9.17, 15) is 0 Å². The molecule has 0 aromatic carbocycles. The van der Waals surface area contributed by atoms with Crippen LogP contribution in [0.5, 0.6) is 0 Å². The van der Waals surface area contributed by atoms with Gasteiger partial charge in [-0.1, -0.05) is 0 Å². The van der Waals surface area contributed by atoms with E-state index in [0.29, 0.717) is 12.1 Å². The lowest BCUT2D eigenvalue weighted by Gasteiger charge is -2.37. The predicted octanol–water partition coefficient (Wildman–Crippen LogP) is 5.80. The van der Waals surface area contributed by atoms with Crippen molar-refractivity contribution in [3.8, 4) is 0 Å². The summed E-state index contributed by atoms with van der Waals surface area (Å²) in [4.78, 5) is 0. The van der Waals surface area contributed by atoms with Crippen molar-refractivity contribution in [2.45, 2.75) is 138 Å². The Hall–Kier alpha value is 0.194. The Bertz CT molecular complexity index is 336. The molecular weight excluding hydrogens is 404 g/mol. The van der Waals surface area contributed by atoms with Crippen LogP contribution in [-0.2, 0) is 26.6 Å². The van der Waals surface area contributed by atoms with Gasteiger partial charge in [0, 0.05) is 48.7 Å². The molecule has 0 atom stereocenters. The molecule has 0 unspecified atom stereocenters. The molecule has 0 aliphatic rings. The lowest BCUT2D eigenvalue weighted by Crippen LogP contribution is -2.53. The Balaban J connectivity index is 5.55. The second-order valence-corrected chi connectivity index (χ2v) is 14.4. The van der Waals surface area contributed by atoms with Gasteiger partial charge in [-0.3, -0.25) is 0 Å². The normalized spacial score (nSPS) is 13.9. The number of hydrogen-bond acceptors (Lipinski definition) is 6. The van der Waals surface area contributed by atoms with Gasteiger partial charge in [0.05, 0.1) is 0 Å². The molecular formula is C21H48O6Si2. The third-order valence-corrected chi connectivity index (χ3v) is 10.4. The quantitative estimate of drug-likeness (QED) is 0.276. The molecule has 0 bridgehead atoms. The summed E-state index contributed by atoms with van der Waals surface area (Å²) < 4.78 is 37.8. The van der Waals surface area contributed by atoms with Crippen LogP contribution in [0.15, 0.2) is 0 Å². The van der Waals surface area contributed by atoms with Crippen molar-refractivity contribution in [3.05, 3.63) is 0 Å². The molecule has 0 radical (unpaired) electrons. The first-order valence-corrected chi connectivity index (χ1v) is 15.1. The molecule has 0 aliphatic heterocycles. The highest BCUT2D eigenvalue weighted by atomic mass is 28.4. The van der Waals surface area contributed by atoms with Crippen LogP contribution in [0.2, 0.25) is 12.1 Å². The molecule has 176 valence electrons. The molecule has 0 saturated heterocycles. The summed E-state index contributed by atoms with van der Waals surface area (Å²) in [5.41, 5.74) is 0. The van der Waals surface area contributed by atoms with Gasteiger partial charge in [0.2, 0.25) is 0 Å². The van der Waals surface area contributed by atoms with Crippen LogP contribution < -0.4 is 0 Å². The van der Waals surface area contributed by atoms with Crippen LogP contribution in [0.3, 0.4) is 0 Å². The van der Waals surface area contributed by atoms with Crippen molar-refractivity contribution in [2.75, 3.05) is 0 Å². The highest BCUT2D eigenvalue weighted by Crippen LogP contribution is 2.29. The molecule has 6 nitrogen and oxygen atoms in total. The van der Waals surface area contributed by atoms with Gasteiger partial charge in [0.25, 0.3) is 0 Å². The Morgan fingerprint density at radius 3 is 0.690 bits per heavy atom. The molecule has 0 heterocycles. The lowest BCUT2D eigenvalue weighted by molar-refractivity contribution is -0.00126. The Labute approximate surface area is 182 Å². The van der Waals surface area contributed by atoms with E-state index in [1.807, 2.05) is 83.1 Å². The van der Waals surface area contributed by atoms with Crippen LogP contribution in [0.4, 0.5) is 0 Å². The largest absolute Gasteiger partial charge is 0.501 e. The first kappa shape index (κ1) is 29.2. The molecule has 0 spiro atoms. The first-order valence-electron chi connectivity index (χ1n) is 11.3. The molecule has 0 aliphatic carbocycles. The van der Waals surface area contributed by atoms with Gasteiger partial charge in [-0.2, -0.15) is 0 Å². The molecule has 0 saturated carbocycles. The van der Waals surface area contributed by atoms with Crippen molar-refractivity contribution in [2.24, 2.45) is 0 Å². The van der Waals surface area contributed by atoms with E-state index in [1.54, 1.807) is 0 Å². The maximum absolute atomic E-state index is 6.31. The maximum atomic E-state index is 6.31. The average Bonchev–Trinajstić information content (AvgIpc) is 2.41. The van der Waals surface area contributed by atoms with Gasteiger partial charge in [-0.25, -0.2) is 0 Å². The fourth-order valence-electron chi connectivity index (χ4n) is 3.20. The number of rotatable bonds is 16. The topological polar surface area (TPSA) is 55.4 Å². The summed E-state index contributed by atoms with van der Waals surface area (Å²) in [5, 5.41) is 0. The Morgan fingerprint density at radius 2 is 0.552 bits per heavy atom. The zero-order valence-electron chi connectivity index (χ0n) is 21.0. The monoisotopic (exact) mass is 452 g/mol. The van der Waals surface area contributed by atoms with E-state index < -0.39 is 17.6 Å². The number of hydrogen-bond donors (Lipinski definition) is 0. The standard InChI is InChI=1S/C21H48O6Si2/c1-16(2)22-28(23-17(3)4,24-18(5)6)14-13-15-29(25-19(7)8,26-20(9)10)27-21(11)12/h16-21H,13-15H2,1-12H3. The summed E-state index contributed by atoms with van der Waals surface area (Å²) in [6, 6.07) is 1.42. The van der Waals surface area contributed by atoms with Gasteiger partial charge in [-0.15, -0.1) is 0 Å². The van der Waals surface area contributed by atoms with Crippen LogP contribution >= 0.6 is 0 Å². The predicted molar refractivity (Wildman–Crippen MR) is 123 cm³/mol. The second kappa shape index (κ2) is 13.6. The Morgan fingerprint density at radius 1 is 0.379 bits per heavy atom. The molecule has 29 heavy (non-hydrogen) atoms. The summed E-state index contributed by atoms with van der Waals surface area (Å²) >= 11 is 0. The van der Waals surface area contributed by atoms with Crippen molar-refractivity contribution in [1.29, 1.82) is 0 Å². The van der Waals surface area contributed by atoms with E-state index in [0.717, 1.165) is 6.42 Å². The van der Waals surface area contributed by atoms with Crippen LogP contribution in [0, 0.1) is 0 Å². The molecule has 0 fully saturated rings. The smallest absolute Gasteiger partial charge is 0.371 e. The minimum atomic E-state index is -2.85. The van der Waals surface area contributed by atoms with Gasteiger partial charge in [-0.05, 0) is 89.5 Å². The molecule has 0 amide bonds. The summed E-state index contributed by atoms with van der Waals surface area (Å²) in [7, 11) is -5.70. The van der Waals surface area contributed by atoms with E-state index in [4.69, 9.17) is 26.6 Å². The van der Waals surface area contributed by atoms with E-state index in [1.165, 1.54) is 0 Å². The molecule has 8 heteroatoms. The van der Waals surface area contributed by atoms with Gasteiger partial charge >= 0.3 is 17.6 Å². The fraction of sp³-hybridized carbons (Fsp3) is 1.00. The summed E-state index contributed by atoms with van der Waals surface area (Å²) in [5.74, 6) is 0. The van der Waals surface area contributed by atoms with Crippen LogP contribution in [-0.4, -0.2) is 54.2 Å².